The molecule has 2 amide bonds. The summed E-state index contributed by atoms with van der Waals surface area (Å²) in [6.45, 7) is -2.96. The molecule has 168 valence electrons. The van der Waals surface area contributed by atoms with Crippen molar-refractivity contribution in [3.8, 4) is 11.5 Å². The van der Waals surface area contributed by atoms with Crippen LogP contribution in [0, 0.1) is 23.2 Å². The second-order valence-electron chi connectivity index (χ2n) is 9.25. The average Bonchev–Trinajstić information content (AvgIpc) is 2.69. The summed E-state index contributed by atoms with van der Waals surface area (Å²) in [5.41, 5.74) is 5.62. The molecule has 0 heterocycles. The Morgan fingerprint density at radius 3 is 2.32 bits per heavy atom. The van der Waals surface area contributed by atoms with E-state index in [-0.39, 0.29) is 22.8 Å². The Bertz CT molecular complexity index is 836. The van der Waals surface area contributed by atoms with Gasteiger partial charge >= 0.3 is 6.61 Å². The van der Waals surface area contributed by atoms with E-state index >= 15 is 0 Å². The third kappa shape index (κ3) is 5.17. The standard InChI is InChI=1S/C23H28F2N2O4/c1-30-19-9-14(2-4-18(19)31-22(24)25)3-5-20(28)26-27-21(29)13-23-10-15-6-16(11-23)8-17(7-15)12-23/h2-5,9,15-17,22H,6-8,10-13H2,1H3,(H,26,28)(H,27,29)/b5-3+. The van der Waals surface area contributed by atoms with E-state index in [1.165, 1.54) is 56.7 Å². The first kappa shape index (κ1) is 21.6. The maximum atomic E-state index is 12.5. The van der Waals surface area contributed by atoms with Crippen LogP contribution in [0.4, 0.5) is 8.78 Å². The summed E-state index contributed by atoms with van der Waals surface area (Å²) in [5.74, 6) is 1.72. The van der Waals surface area contributed by atoms with E-state index in [0.717, 1.165) is 37.0 Å². The lowest BCUT2D eigenvalue weighted by atomic mass is 9.49. The molecular formula is C23H28F2N2O4. The zero-order chi connectivity index (χ0) is 22.0. The first-order valence-corrected chi connectivity index (χ1v) is 10.7. The Morgan fingerprint density at radius 1 is 1.10 bits per heavy atom. The Morgan fingerprint density at radius 2 is 1.74 bits per heavy atom. The molecule has 1 aromatic carbocycles. The van der Waals surface area contributed by atoms with E-state index in [2.05, 4.69) is 15.6 Å². The summed E-state index contributed by atoms with van der Waals surface area (Å²) in [4.78, 5) is 24.6. The van der Waals surface area contributed by atoms with Gasteiger partial charge in [-0.2, -0.15) is 8.78 Å². The molecule has 8 heteroatoms. The van der Waals surface area contributed by atoms with Crippen LogP contribution in [0.25, 0.3) is 6.08 Å². The van der Waals surface area contributed by atoms with Crippen LogP contribution in [-0.4, -0.2) is 25.5 Å². The van der Waals surface area contributed by atoms with Crippen LogP contribution >= 0.6 is 0 Å². The minimum Gasteiger partial charge on any atom is -0.493 e. The highest BCUT2D eigenvalue weighted by molar-refractivity contribution is 5.93. The molecule has 0 saturated heterocycles. The molecule has 1 aromatic rings. The molecule has 4 aliphatic carbocycles. The predicted octanol–water partition coefficient (Wildman–Crippen LogP) is 4.06. The van der Waals surface area contributed by atoms with Gasteiger partial charge in [0.1, 0.15) is 0 Å². The molecule has 0 atom stereocenters. The maximum absolute atomic E-state index is 12.5. The van der Waals surface area contributed by atoms with Crippen LogP contribution in [0.1, 0.15) is 50.5 Å². The lowest BCUT2D eigenvalue weighted by Gasteiger charge is -2.56. The van der Waals surface area contributed by atoms with E-state index in [4.69, 9.17) is 4.74 Å². The molecule has 31 heavy (non-hydrogen) atoms. The second-order valence-corrected chi connectivity index (χ2v) is 9.25. The summed E-state index contributed by atoms with van der Waals surface area (Å²) in [7, 11) is 1.34. The van der Waals surface area contributed by atoms with Crippen molar-refractivity contribution in [2.75, 3.05) is 7.11 Å². The fourth-order valence-corrected chi connectivity index (χ4v) is 6.22. The van der Waals surface area contributed by atoms with Gasteiger partial charge < -0.3 is 9.47 Å². The van der Waals surface area contributed by atoms with Gasteiger partial charge in [0.05, 0.1) is 7.11 Å². The molecule has 4 aliphatic rings. The van der Waals surface area contributed by atoms with Crippen molar-refractivity contribution in [3.63, 3.8) is 0 Å². The smallest absolute Gasteiger partial charge is 0.387 e. The van der Waals surface area contributed by atoms with E-state index < -0.39 is 12.5 Å². The number of rotatable bonds is 7. The van der Waals surface area contributed by atoms with Gasteiger partial charge in [-0.05, 0) is 85.5 Å². The molecule has 6 nitrogen and oxygen atoms in total. The molecule has 4 saturated carbocycles. The van der Waals surface area contributed by atoms with Gasteiger partial charge in [-0.15, -0.1) is 0 Å². The van der Waals surface area contributed by atoms with Crippen LogP contribution in [0.2, 0.25) is 0 Å². The number of alkyl halides is 2. The third-order valence-electron chi connectivity index (χ3n) is 6.86. The van der Waals surface area contributed by atoms with Crippen molar-refractivity contribution >= 4 is 17.9 Å². The van der Waals surface area contributed by atoms with Gasteiger partial charge in [0.2, 0.25) is 5.91 Å². The lowest BCUT2D eigenvalue weighted by molar-refractivity contribution is -0.133. The molecule has 4 bridgehead atoms. The number of nitrogens with one attached hydrogen (secondary N) is 2. The van der Waals surface area contributed by atoms with Crippen molar-refractivity contribution in [1.82, 2.24) is 10.9 Å². The minimum atomic E-state index is -2.96. The normalized spacial score (nSPS) is 28.7. The summed E-state index contributed by atoms with van der Waals surface area (Å²) in [5, 5.41) is 0. The molecule has 0 unspecified atom stereocenters. The van der Waals surface area contributed by atoms with Crippen LogP contribution in [-0.2, 0) is 9.59 Å². The van der Waals surface area contributed by atoms with E-state index in [9.17, 15) is 18.4 Å². The zero-order valence-electron chi connectivity index (χ0n) is 17.5. The highest BCUT2D eigenvalue weighted by Crippen LogP contribution is 2.61. The molecule has 0 spiro atoms. The van der Waals surface area contributed by atoms with Gasteiger partial charge in [0.15, 0.2) is 11.5 Å². The van der Waals surface area contributed by atoms with Crippen molar-refractivity contribution in [2.24, 2.45) is 23.2 Å². The Hall–Kier alpha value is -2.64. The Labute approximate surface area is 180 Å². The number of benzene rings is 1. The van der Waals surface area contributed by atoms with E-state index in [1.807, 2.05) is 0 Å². The van der Waals surface area contributed by atoms with Crippen LogP contribution in [0.15, 0.2) is 24.3 Å². The molecule has 4 fully saturated rings. The number of carbonyl (C=O) groups excluding carboxylic acids is 2. The largest absolute Gasteiger partial charge is 0.493 e. The van der Waals surface area contributed by atoms with Crippen molar-refractivity contribution in [3.05, 3.63) is 29.8 Å². The predicted molar refractivity (Wildman–Crippen MR) is 110 cm³/mol. The molecule has 5 rings (SSSR count). The highest BCUT2D eigenvalue weighted by Gasteiger charge is 2.51. The van der Waals surface area contributed by atoms with Crippen LogP contribution in [0.5, 0.6) is 11.5 Å². The van der Waals surface area contributed by atoms with Crippen molar-refractivity contribution in [1.29, 1.82) is 0 Å². The zero-order valence-corrected chi connectivity index (χ0v) is 17.5. The number of carbonyl (C=O) groups is 2. The summed E-state index contributed by atoms with van der Waals surface area (Å²) in [6, 6.07) is 4.35. The molecule has 2 N–H and O–H groups in total. The van der Waals surface area contributed by atoms with E-state index in [0.29, 0.717) is 12.0 Å². The van der Waals surface area contributed by atoms with Gasteiger partial charge in [-0.3, -0.25) is 20.4 Å². The third-order valence-corrected chi connectivity index (χ3v) is 6.86. The summed E-state index contributed by atoms with van der Waals surface area (Å²) < 4.78 is 34.2. The van der Waals surface area contributed by atoms with Gasteiger partial charge in [-0.1, -0.05) is 6.07 Å². The number of amides is 2. The van der Waals surface area contributed by atoms with Gasteiger partial charge in [0, 0.05) is 12.5 Å². The SMILES string of the molecule is COc1cc(/C=C/C(=O)NNC(=O)CC23CC4CC(CC(C4)C2)C3)ccc1OC(F)F. The quantitative estimate of drug-likeness (QED) is 0.501. The fourth-order valence-electron chi connectivity index (χ4n) is 6.22. The van der Waals surface area contributed by atoms with Crippen molar-refractivity contribution in [2.45, 2.75) is 51.6 Å². The number of halogens is 2. The summed E-state index contributed by atoms with van der Waals surface area (Å²) >= 11 is 0. The first-order chi connectivity index (χ1) is 14.8. The summed E-state index contributed by atoms with van der Waals surface area (Å²) in [6.07, 6.45) is 10.6. The molecule has 0 radical (unpaired) electrons. The average molecular weight is 434 g/mol. The number of hydrogen-bond donors (Lipinski definition) is 2. The lowest BCUT2D eigenvalue weighted by Crippen LogP contribution is -2.49. The topological polar surface area (TPSA) is 76.7 Å². The number of hydrogen-bond acceptors (Lipinski definition) is 4. The Kier molecular flexibility index (Phi) is 6.16. The van der Waals surface area contributed by atoms with Crippen LogP contribution in [0.3, 0.4) is 0 Å². The fraction of sp³-hybridized carbons (Fsp3) is 0.565. The maximum Gasteiger partial charge on any atom is 0.387 e. The second kappa shape index (κ2) is 8.85. The van der Waals surface area contributed by atoms with E-state index in [1.54, 1.807) is 0 Å². The van der Waals surface area contributed by atoms with Crippen molar-refractivity contribution < 1.29 is 27.8 Å². The number of ether oxygens (including phenoxy) is 2. The minimum absolute atomic E-state index is 0.0870. The molecular weight excluding hydrogens is 406 g/mol. The van der Waals surface area contributed by atoms with Gasteiger partial charge in [0.25, 0.3) is 5.91 Å². The highest BCUT2D eigenvalue weighted by atomic mass is 19.3. The molecule has 0 aromatic heterocycles. The monoisotopic (exact) mass is 434 g/mol. The number of methoxy groups -OCH3 is 1. The first-order valence-electron chi connectivity index (χ1n) is 10.7. The van der Waals surface area contributed by atoms with Gasteiger partial charge in [-0.25, -0.2) is 0 Å². The molecule has 0 aliphatic heterocycles. The van der Waals surface area contributed by atoms with Crippen LogP contribution < -0.4 is 20.3 Å². The number of hydrazine groups is 1. The Balaban J connectivity index is 1.27.